The van der Waals surface area contributed by atoms with Crippen LogP contribution in [0.2, 0.25) is 0 Å². The van der Waals surface area contributed by atoms with Gasteiger partial charge in [0.25, 0.3) is 0 Å². The number of hydrogen-bond acceptors (Lipinski definition) is 2. The maximum absolute atomic E-state index is 13.1. The van der Waals surface area contributed by atoms with E-state index in [1.807, 2.05) is 13.8 Å². The third kappa shape index (κ3) is 2.32. The van der Waals surface area contributed by atoms with Gasteiger partial charge in [0.1, 0.15) is 11.6 Å². The Morgan fingerprint density at radius 1 is 1.50 bits per heavy atom. The van der Waals surface area contributed by atoms with Crippen LogP contribution in [0.25, 0.3) is 0 Å². The van der Waals surface area contributed by atoms with Gasteiger partial charge in [-0.25, -0.2) is 4.39 Å². The molecule has 1 aromatic rings. The van der Waals surface area contributed by atoms with E-state index in [2.05, 4.69) is 15.9 Å². The van der Waals surface area contributed by atoms with Crippen molar-refractivity contribution in [2.24, 2.45) is 0 Å². The quantitative estimate of drug-likeness (QED) is 0.781. The molecule has 0 aromatic heterocycles. The second kappa shape index (κ2) is 4.55. The van der Waals surface area contributed by atoms with Crippen molar-refractivity contribution in [3.63, 3.8) is 0 Å². The van der Waals surface area contributed by atoms with E-state index >= 15 is 0 Å². The molecule has 0 aliphatic rings. The lowest BCUT2D eigenvalue weighted by Gasteiger charge is -2.12. The van der Waals surface area contributed by atoms with Gasteiger partial charge in [-0.3, -0.25) is 4.79 Å². The fourth-order valence-electron chi connectivity index (χ4n) is 1.00. The highest BCUT2D eigenvalue weighted by Gasteiger charge is 2.12. The van der Waals surface area contributed by atoms with Crippen molar-refractivity contribution in [3.05, 3.63) is 28.0 Å². The standard InChI is InChI=1S/C10H10BrFO2/c1-6(2)14-9-4-3-8(12)7(5-13)10(9)11/h3-6H,1-2H3. The average Bonchev–Trinajstić information content (AvgIpc) is 2.10. The number of aldehydes is 1. The molecule has 1 rings (SSSR count). The highest BCUT2D eigenvalue weighted by atomic mass is 79.9. The number of carbonyl (C=O) groups excluding carboxylic acids is 1. The maximum atomic E-state index is 13.1. The Bertz CT molecular complexity index is 350. The summed E-state index contributed by atoms with van der Waals surface area (Å²) in [5.41, 5.74) is -0.0110. The number of rotatable bonds is 3. The zero-order valence-corrected chi connectivity index (χ0v) is 9.47. The van der Waals surface area contributed by atoms with Crippen molar-refractivity contribution in [2.75, 3.05) is 0 Å². The molecule has 0 radical (unpaired) electrons. The molecule has 4 heteroatoms. The highest BCUT2D eigenvalue weighted by molar-refractivity contribution is 9.10. The number of ether oxygens (including phenoxy) is 1. The number of halogens is 2. The van der Waals surface area contributed by atoms with E-state index in [1.54, 1.807) is 0 Å². The molecule has 0 spiro atoms. The van der Waals surface area contributed by atoms with Crippen LogP contribution in [0.1, 0.15) is 24.2 Å². The van der Waals surface area contributed by atoms with E-state index in [-0.39, 0.29) is 11.7 Å². The summed E-state index contributed by atoms with van der Waals surface area (Å²) in [5, 5.41) is 0. The molecule has 0 aliphatic heterocycles. The smallest absolute Gasteiger partial charge is 0.154 e. The molecule has 0 aliphatic carbocycles. The summed E-state index contributed by atoms with van der Waals surface area (Å²) in [4.78, 5) is 10.6. The second-order valence-corrected chi connectivity index (χ2v) is 3.85. The van der Waals surface area contributed by atoms with Crippen LogP contribution in [0, 0.1) is 5.82 Å². The molecule has 0 bridgehead atoms. The Hall–Kier alpha value is -0.900. The van der Waals surface area contributed by atoms with Crippen molar-refractivity contribution in [1.29, 1.82) is 0 Å². The molecule has 1 aromatic carbocycles. The van der Waals surface area contributed by atoms with E-state index in [0.717, 1.165) is 0 Å². The average molecular weight is 261 g/mol. The molecule has 0 saturated carbocycles. The Kier molecular flexibility index (Phi) is 3.63. The minimum atomic E-state index is -0.553. The van der Waals surface area contributed by atoms with Gasteiger partial charge >= 0.3 is 0 Å². The van der Waals surface area contributed by atoms with Crippen LogP contribution in [0.15, 0.2) is 16.6 Å². The molecule has 0 heterocycles. The van der Waals surface area contributed by atoms with Crippen molar-refractivity contribution in [1.82, 2.24) is 0 Å². The summed E-state index contributed by atoms with van der Waals surface area (Å²) in [6.07, 6.45) is 0.448. The monoisotopic (exact) mass is 260 g/mol. The van der Waals surface area contributed by atoms with Gasteiger partial charge in [-0.2, -0.15) is 0 Å². The highest BCUT2D eigenvalue weighted by Crippen LogP contribution is 2.30. The van der Waals surface area contributed by atoms with E-state index < -0.39 is 5.82 Å². The SMILES string of the molecule is CC(C)Oc1ccc(F)c(C=O)c1Br. The zero-order chi connectivity index (χ0) is 10.7. The normalized spacial score (nSPS) is 10.4. The van der Waals surface area contributed by atoms with Gasteiger partial charge in [0, 0.05) is 0 Å². The summed E-state index contributed by atoms with van der Waals surface area (Å²) in [5.74, 6) is -0.0773. The molecule has 0 fully saturated rings. The zero-order valence-electron chi connectivity index (χ0n) is 7.88. The van der Waals surface area contributed by atoms with Crippen LogP contribution in [0.3, 0.4) is 0 Å². The van der Waals surface area contributed by atoms with Crippen molar-refractivity contribution >= 4 is 22.2 Å². The van der Waals surface area contributed by atoms with Crippen LogP contribution in [0.5, 0.6) is 5.75 Å². The molecule has 0 atom stereocenters. The molecule has 0 saturated heterocycles. The third-order valence-electron chi connectivity index (χ3n) is 1.57. The fourth-order valence-corrected chi connectivity index (χ4v) is 1.51. The van der Waals surface area contributed by atoms with Crippen LogP contribution < -0.4 is 4.74 Å². The molecule has 14 heavy (non-hydrogen) atoms. The van der Waals surface area contributed by atoms with Gasteiger partial charge in [0.2, 0.25) is 0 Å². The predicted octanol–water partition coefficient (Wildman–Crippen LogP) is 3.19. The van der Waals surface area contributed by atoms with E-state index in [1.165, 1.54) is 12.1 Å². The number of benzene rings is 1. The van der Waals surface area contributed by atoms with E-state index in [4.69, 9.17) is 4.74 Å². The Labute approximate surface area is 90.2 Å². The molecule has 0 N–H and O–H groups in total. The summed E-state index contributed by atoms with van der Waals surface area (Å²) in [6, 6.07) is 2.71. The van der Waals surface area contributed by atoms with Gasteiger partial charge in [0.05, 0.1) is 16.1 Å². The summed E-state index contributed by atoms with van der Waals surface area (Å²) in [7, 11) is 0. The minimum absolute atomic E-state index is 0.0110. The summed E-state index contributed by atoms with van der Waals surface area (Å²) in [6.45, 7) is 3.72. The van der Waals surface area contributed by atoms with Gasteiger partial charge in [-0.15, -0.1) is 0 Å². The van der Waals surface area contributed by atoms with Crippen LogP contribution in [-0.4, -0.2) is 12.4 Å². The topological polar surface area (TPSA) is 26.3 Å². The molecular weight excluding hydrogens is 251 g/mol. The first-order valence-electron chi connectivity index (χ1n) is 4.16. The summed E-state index contributed by atoms with van der Waals surface area (Å²) < 4.78 is 18.8. The van der Waals surface area contributed by atoms with Gasteiger partial charge in [0.15, 0.2) is 6.29 Å². The maximum Gasteiger partial charge on any atom is 0.154 e. The Morgan fingerprint density at radius 3 is 2.64 bits per heavy atom. The Morgan fingerprint density at radius 2 is 2.14 bits per heavy atom. The number of hydrogen-bond donors (Lipinski definition) is 0. The number of carbonyl (C=O) groups is 1. The summed E-state index contributed by atoms with van der Waals surface area (Å²) >= 11 is 3.12. The molecule has 0 unspecified atom stereocenters. The lowest BCUT2D eigenvalue weighted by molar-refractivity contribution is 0.111. The van der Waals surface area contributed by atoms with Crippen molar-refractivity contribution in [2.45, 2.75) is 20.0 Å². The lowest BCUT2D eigenvalue weighted by atomic mass is 10.2. The van der Waals surface area contributed by atoms with Crippen molar-refractivity contribution < 1.29 is 13.9 Å². The minimum Gasteiger partial charge on any atom is -0.490 e. The van der Waals surface area contributed by atoms with E-state index in [0.29, 0.717) is 16.5 Å². The lowest BCUT2D eigenvalue weighted by Crippen LogP contribution is -2.07. The van der Waals surface area contributed by atoms with Gasteiger partial charge in [-0.05, 0) is 41.9 Å². The molecule has 76 valence electrons. The molecular formula is C10H10BrFO2. The van der Waals surface area contributed by atoms with Crippen LogP contribution in [-0.2, 0) is 0 Å². The first-order chi connectivity index (χ1) is 6.56. The fraction of sp³-hybridized carbons (Fsp3) is 0.300. The molecule has 2 nitrogen and oxygen atoms in total. The van der Waals surface area contributed by atoms with Gasteiger partial charge < -0.3 is 4.74 Å². The first-order valence-corrected chi connectivity index (χ1v) is 4.95. The van der Waals surface area contributed by atoms with Gasteiger partial charge in [-0.1, -0.05) is 0 Å². The van der Waals surface area contributed by atoms with Crippen LogP contribution >= 0.6 is 15.9 Å². The van der Waals surface area contributed by atoms with E-state index in [9.17, 15) is 9.18 Å². The Balaban J connectivity index is 3.14. The van der Waals surface area contributed by atoms with Crippen LogP contribution in [0.4, 0.5) is 4.39 Å². The predicted molar refractivity (Wildman–Crippen MR) is 55.3 cm³/mol. The molecule has 0 amide bonds. The van der Waals surface area contributed by atoms with Crippen molar-refractivity contribution in [3.8, 4) is 5.75 Å². The second-order valence-electron chi connectivity index (χ2n) is 3.06. The first kappa shape index (κ1) is 11.2. The largest absolute Gasteiger partial charge is 0.490 e. The third-order valence-corrected chi connectivity index (χ3v) is 2.39.